The summed E-state index contributed by atoms with van der Waals surface area (Å²) in [5.74, 6) is 0.853. The van der Waals surface area contributed by atoms with E-state index in [0.717, 1.165) is 72.4 Å². The van der Waals surface area contributed by atoms with E-state index in [0.29, 0.717) is 45.6 Å². The second-order valence-electron chi connectivity index (χ2n) is 19.7. The maximum Gasteiger partial charge on any atom is 0.137 e. The Morgan fingerprint density at radius 1 is 0.536 bits per heavy atom. The van der Waals surface area contributed by atoms with Crippen LogP contribution < -0.4 is 9.80 Å². The molecule has 0 atom stereocenters. The number of benzene rings is 8. The van der Waals surface area contributed by atoms with E-state index >= 15 is 0 Å². The summed E-state index contributed by atoms with van der Waals surface area (Å²) in [6.45, 7) is 18.7. The number of pyridine rings is 1. The van der Waals surface area contributed by atoms with Crippen molar-refractivity contribution in [1.82, 2.24) is 9.55 Å². The Balaban J connectivity index is 1.15. The Morgan fingerprint density at radius 3 is 1.80 bits per heavy atom. The van der Waals surface area contributed by atoms with Crippen molar-refractivity contribution in [2.24, 2.45) is 0 Å². The van der Waals surface area contributed by atoms with Crippen LogP contribution in [0.3, 0.4) is 0 Å². The van der Waals surface area contributed by atoms with E-state index in [2.05, 4.69) is 136 Å². The minimum Gasteiger partial charge on any atom is -0.321 e. The van der Waals surface area contributed by atoms with Gasteiger partial charge < -0.3 is 9.80 Å². The quantitative estimate of drug-likeness (QED) is 0.152. The first-order chi connectivity index (χ1) is 37.5. The van der Waals surface area contributed by atoms with Crippen LogP contribution in [0.15, 0.2) is 176 Å². The van der Waals surface area contributed by atoms with Crippen molar-refractivity contribution in [2.45, 2.75) is 74.1 Å². The third-order valence-electron chi connectivity index (χ3n) is 14.1. The third-order valence-corrected chi connectivity index (χ3v) is 14.1. The summed E-state index contributed by atoms with van der Waals surface area (Å²) in [5, 5.41) is 2.27. The highest BCUT2D eigenvalue weighted by Gasteiger charge is 2.34. The summed E-state index contributed by atoms with van der Waals surface area (Å²) in [5.41, 5.74) is 16.2. The van der Waals surface area contributed by atoms with Crippen LogP contribution in [0, 0.1) is 41.5 Å². The summed E-state index contributed by atoms with van der Waals surface area (Å²) in [6, 6.07) is 33.7. The van der Waals surface area contributed by atoms with Crippen molar-refractivity contribution < 1.29 is 13.7 Å². The zero-order valence-corrected chi connectivity index (χ0v) is 40.7. The molecule has 8 aromatic carbocycles. The van der Waals surface area contributed by atoms with Gasteiger partial charge >= 0.3 is 0 Å². The molecule has 2 aromatic heterocycles. The molecule has 0 fully saturated rings. The van der Waals surface area contributed by atoms with Crippen molar-refractivity contribution in [3.05, 3.63) is 226 Å². The van der Waals surface area contributed by atoms with E-state index in [1.54, 1.807) is 0 Å². The second-order valence-corrected chi connectivity index (χ2v) is 19.7. The monoisotopic (exact) mass is 907 g/mol. The fraction of sp³-hybridized carbons (Fsp3) is 0.185. The molecule has 0 radical (unpaired) electrons. The minimum absolute atomic E-state index is 0.0468. The number of anilines is 4. The molecule has 0 saturated heterocycles. The molecule has 340 valence electrons. The van der Waals surface area contributed by atoms with Gasteiger partial charge in [-0.1, -0.05) is 147 Å². The summed E-state index contributed by atoms with van der Waals surface area (Å²) in [4.78, 5) is 9.17. The summed E-state index contributed by atoms with van der Waals surface area (Å²) in [7, 11) is 0. The van der Waals surface area contributed by atoms with Crippen molar-refractivity contribution in [2.75, 3.05) is 16.5 Å². The molecule has 0 saturated carbocycles. The maximum atomic E-state index is 9.40. The van der Waals surface area contributed by atoms with Gasteiger partial charge in [0.25, 0.3) is 0 Å². The molecule has 69 heavy (non-hydrogen) atoms. The number of aromatic nitrogens is 2. The van der Waals surface area contributed by atoms with Gasteiger partial charge in [0, 0.05) is 33.8 Å². The molecule has 0 amide bonds. The Labute approximate surface area is 422 Å². The molecule has 1 aliphatic rings. The normalized spacial score (nSPS) is 14.7. The van der Waals surface area contributed by atoms with E-state index in [4.69, 9.17) is 13.2 Å². The second kappa shape index (κ2) is 17.1. The highest BCUT2D eigenvalue weighted by Crippen LogP contribution is 2.53. The van der Waals surface area contributed by atoms with E-state index < -0.39 is 60.4 Å². The molecular weight excluding hydrogens is 837 g/mol. The number of hydrogen-bond acceptors (Lipinski definition) is 3. The van der Waals surface area contributed by atoms with Crippen LogP contribution in [0.5, 0.6) is 0 Å². The van der Waals surface area contributed by atoms with E-state index in [1.165, 1.54) is 11.1 Å². The summed E-state index contributed by atoms with van der Waals surface area (Å²) in [6.07, 6.45) is 2.47. The van der Waals surface area contributed by atoms with Gasteiger partial charge in [0.05, 0.1) is 41.8 Å². The molecule has 10 aromatic rings. The Hall–Kier alpha value is -7.69. The average Bonchev–Trinajstić information content (AvgIpc) is 4.15. The SMILES string of the molecule is [2H]c1c([2H])c([2H])c(-c2c(C)c(C)c(C)c(-c3c([2H])c([2H])c([2H])c([2H])c3[2H])c2N2CN(c3cc(Cc4ccc5c6ccccc6n(-c6cc(C(C)(C)C)ccn6)c5c4)cc(-c4c(C)cc(C)cc4C)c3)c3ccccc32)c([2H])c1[2H]. The Bertz CT molecular complexity index is 4050. The molecule has 0 bridgehead atoms. The first kappa shape index (κ1) is 33.7. The molecule has 1 aliphatic heterocycles. The molecule has 4 heteroatoms. The molecule has 0 spiro atoms. The summed E-state index contributed by atoms with van der Waals surface area (Å²) < 4.78 is 92.5. The van der Waals surface area contributed by atoms with Gasteiger partial charge in [-0.2, -0.15) is 0 Å². The maximum absolute atomic E-state index is 9.40. The predicted molar refractivity (Wildman–Crippen MR) is 293 cm³/mol. The molecule has 0 N–H and O–H groups in total. The fourth-order valence-electron chi connectivity index (χ4n) is 10.7. The van der Waals surface area contributed by atoms with Crippen LogP contribution in [-0.4, -0.2) is 16.2 Å². The van der Waals surface area contributed by atoms with Gasteiger partial charge in [0.1, 0.15) is 12.5 Å². The molecule has 4 nitrogen and oxygen atoms in total. The number of nitrogens with zero attached hydrogens (tertiary/aromatic N) is 4. The van der Waals surface area contributed by atoms with Crippen LogP contribution in [0.2, 0.25) is 0 Å². The highest BCUT2D eigenvalue weighted by molar-refractivity contribution is 6.09. The van der Waals surface area contributed by atoms with Crippen molar-refractivity contribution in [3.8, 4) is 39.2 Å². The van der Waals surface area contributed by atoms with E-state index in [-0.39, 0.29) is 23.2 Å². The lowest BCUT2D eigenvalue weighted by Crippen LogP contribution is -2.25. The molecule has 3 heterocycles. The molecule has 0 aliphatic carbocycles. The van der Waals surface area contributed by atoms with Crippen molar-refractivity contribution in [1.29, 1.82) is 0 Å². The first-order valence-corrected chi connectivity index (χ1v) is 23.6. The van der Waals surface area contributed by atoms with Gasteiger partial charge in [-0.05, 0) is 169 Å². The standard InChI is InChI=1S/C65H60N4/c1-41-32-42(2)61(43(3)33-41)51-35-48(34-47-28-29-55-54-24-16-17-25-56(54)69(59(55)37-47)60-39-52(30-31-66-60)65(7,8)9)36-53(38-51)67-40-68(58-27-19-18-26-57(58)67)64-62(49-20-12-10-13-21-49)45(5)44(4)46(6)63(64)50-22-14-11-15-23-50/h10-33,35-39H,34,40H2,1-9H3/i10D,11D,12D,13D,14D,15D,20D,21D,22D,23D. The molecule has 0 unspecified atom stereocenters. The van der Waals surface area contributed by atoms with Crippen molar-refractivity contribution >= 4 is 44.6 Å². The number of rotatable bonds is 8. The number of para-hydroxylation sites is 3. The number of fused-ring (bicyclic) bond motifs is 4. The number of aryl methyl sites for hydroxylation is 3. The van der Waals surface area contributed by atoms with E-state index in [1.807, 2.05) is 56.1 Å². The molecular formula is C65H60N4. The lowest BCUT2D eigenvalue weighted by Gasteiger charge is -2.31. The van der Waals surface area contributed by atoms with Gasteiger partial charge in [0.15, 0.2) is 0 Å². The largest absolute Gasteiger partial charge is 0.321 e. The van der Waals surface area contributed by atoms with Crippen LogP contribution in [0.1, 0.15) is 84.5 Å². The lowest BCUT2D eigenvalue weighted by molar-refractivity contribution is 0.588. The summed E-state index contributed by atoms with van der Waals surface area (Å²) >= 11 is 0. The fourth-order valence-corrected chi connectivity index (χ4v) is 10.7. The average molecular weight is 907 g/mol. The van der Waals surface area contributed by atoms with Gasteiger partial charge in [0.2, 0.25) is 0 Å². The van der Waals surface area contributed by atoms with Crippen LogP contribution in [0.25, 0.3) is 61.0 Å². The topological polar surface area (TPSA) is 24.3 Å². The van der Waals surface area contributed by atoms with Gasteiger partial charge in [-0.3, -0.25) is 4.57 Å². The lowest BCUT2D eigenvalue weighted by atomic mass is 9.85. The predicted octanol–water partition coefficient (Wildman–Crippen LogP) is 17.2. The molecule has 11 rings (SSSR count). The van der Waals surface area contributed by atoms with Crippen LogP contribution in [0.4, 0.5) is 22.7 Å². The minimum atomic E-state index is -0.537. The van der Waals surface area contributed by atoms with Crippen molar-refractivity contribution in [3.63, 3.8) is 0 Å². The van der Waals surface area contributed by atoms with Crippen LogP contribution >= 0.6 is 0 Å². The van der Waals surface area contributed by atoms with E-state index in [9.17, 15) is 5.48 Å². The third kappa shape index (κ3) is 7.69. The van der Waals surface area contributed by atoms with Crippen LogP contribution in [-0.2, 0) is 11.8 Å². The Kier molecular flexibility index (Phi) is 8.37. The zero-order chi connectivity index (χ0) is 56.4. The zero-order valence-electron chi connectivity index (χ0n) is 50.7. The smallest absolute Gasteiger partial charge is 0.137 e. The Morgan fingerprint density at radius 2 is 1.14 bits per heavy atom. The van der Waals surface area contributed by atoms with Gasteiger partial charge in [-0.15, -0.1) is 0 Å². The highest BCUT2D eigenvalue weighted by atomic mass is 15.4. The van der Waals surface area contributed by atoms with Gasteiger partial charge in [-0.25, -0.2) is 4.98 Å². The first-order valence-electron chi connectivity index (χ1n) is 28.6. The number of hydrogen-bond donors (Lipinski definition) is 0.